The van der Waals surface area contributed by atoms with Crippen molar-refractivity contribution < 1.29 is 19.0 Å². The minimum atomic E-state index is -0.0603. The normalized spacial score (nSPS) is 19.1. The van der Waals surface area contributed by atoms with Crippen LogP contribution in [-0.2, 0) is 17.8 Å². The molecule has 1 fully saturated rings. The third-order valence-electron chi connectivity index (χ3n) is 5.49. The lowest BCUT2D eigenvalue weighted by Crippen LogP contribution is -2.38. The Balaban J connectivity index is 1.54. The summed E-state index contributed by atoms with van der Waals surface area (Å²) in [5.41, 5.74) is 1.96. The average Bonchev–Trinajstić information content (AvgIpc) is 3.16. The first-order valence-corrected chi connectivity index (χ1v) is 11.5. The van der Waals surface area contributed by atoms with Crippen molar-refractivity contribution in [2.75, 3.05) is 39.7 Å². The smallest absolute Gasteiger partial charge is 0.226 e. The zero-order valence-corrected chi connectivity index (χ0v) is 19.9. The quantitative estimate of drug-likeness (QED) is 0.621. The second-order valence-corrected chi connectivity index (χ2v) is 9.22. The van der Waals surface area contributed by atoms with Crippen molar-refractivity contribution >= 4 is 22.4 Å². The molecule has 1 aromatic heterocycles. The molecule has 0 saturated carbocycles. The summed E-state index contributed by atoms with van der Waals surface area (Å²) in [5, 5.41) is 5.63. The van der Waals surface area contributed by atoms with Crippen LogP contribution in [0, 0.1) is 11.8 Å². The number of thiazole rings is 1. The maximum atomic E-state index is 12.5. The molecule has 2 unspecified atom stereocenters. The van der Waals surface area contributed by atoms with Crippen LogP contribution in [0.1, 0.15) is 37.9 Å². The lowest BCUT2D eigenvalue weighted by Gasteiger charge is -2.34. The molecule has 2 heterocycles. The van der Waals surface area contributed by atoms with Gasteiger partial charge in [-0.3, -0.25) is 9.69 Å². The molecule has 1 N–H and O–H groups in total. The molecule has 2 atom stereocenters. The summed E-state index contributed by atoms with van der Waals surface area (Å²) in [7, 11) is 4.74. The number of amides is 1. The number of methoxy groups -OCH3 is 3. The number of nitrogens with zero attached hydrogens (tertiary/aromatic N) is 2. The van der Waals surface area contributed by atoms with E-state index in [2.05, 4.69) is 29.0 Å². The Morgan fingerprint density at radius 1 is 1.13 bits per heavy atom. The van der Waals surface area contributed by atoms with Crippen LogP contribution in [-0.4, -0.2) is 50.2 Å². The highest BCUT2D eigenvalue weighted by Crippen LogP contribution is 2.38. The molecule has 1 aliphatic heterocycles. The van der Waals surface area contributed by atoms with E-state index in [1.807, 2.05) is 17.5 Å². The molecule has 8 heteroatoms. The molecule has 1 aliphatic rings. The van der Waals surface area contributed by atoms with Crippen molar-refractivity contribution in [2.45, 2.75) is 39.7 Å². The molecule has 0 bridgehead atoms. The number of rotatable bonds is 9. The van der Waals surface area contributed by atoms with Gasteiger partial charge in [0.1, 0.15) is 0 Å². The molecule has 0 aliphatic carbocycles. The number of ether oxygens (including phenoxy) is 3. The molecule has 31 heavy (non-hydrogen) atoms. The van der Waals surface area contributed by atoms with Crippen LogP contribution in [0.5, 0.6) is 17.2 Å². The Labute approximate surface area is 188 Å². The summed E-state index contributed by atoms with van der Waals surface area (Å²) < 4.78 is 16.1. The number of aromatic nitrogens is 1. The Morgan fingerprint density at radius 3 is 2.35 bits per heavy atom. The largest absolute Gasteiger partial charge is 0.493 e. The van der Waals surface area contributed by atoms with Crippen molar-refractivity contribution in [1.82, 2.24) is 9.88 Å². The lowest BCUT2D eigenvalue weighted by molar-refractivity contribution is -0.116. The molecule has 7 nitrogen and oxygen atoms in total. The zero-order valence-electron chi connectivity index (χ0n) is 19.1. The molecule has 1 saturated heterocycles. The van der Waals surface area contributed by atoms with Crippen LogP contribution < -0.4 is 19.5 Å². The minimum Gasteiger partial charge on any atom is -0.493 e. The van der Waals surface area contributed by atoms with Gasteiger partial charge < -0.3 is 19.5 Å². The summed E-state index contributed by atoms with van der Waals surface area (Å²) in [4.78, 5) is 19.5. The number of aryl methyl sites for hydroxylation is 1. The topological polar surface area (TPSA) is 72.9 Å². The molecule has 1 aromatic carbocycles. The number of likely N-dealkylation sites (tertiary alicyclic amines) is 1. The van der Waals surface area contributed by atoms with Crippen molar-refractivity contribution in [2.24, 2.45) is 11.8 Å². The van der Waals surface area contributed by atoms with E-state index in [4.69, 9.17) is 14.2 Å². The highest BCUT2D eigenvalue weighted by atomic mass is 32.1. The number of piperidine rings is 1. The summed E-state index contributed by atoms with van der Waals surface area (Å²) in [6, 6.07) is 3.74. The number of carbonyl (C=O) groups is 1. The van der Waals surface area contributed by atoms with Gasteiger partial charge in [-0.2, -0.15) is 0 Å². The van der Waals surface area contributed by atoms with E-state index in [0.717, 1.165) is 42.7 Å². The maximum absolute atomic E-state index is 12.5. The molecular formula is C23H33N3O4S. The number of hydrogen-bond acceptors (Lipinski definition) is 7. The molecule has 0 radical (unpaired) electrons. The minimum absolute atomic E-state index is 0.0603. The highest BCUT2D eigenvalue weighted by molar-refractivity contribution is 7.13. The Bertz CT molecular complexity index is 850. The Kier molecular flexibility index (Phi) is 8.15. The van der Waals surface area contributed by atoms with Crippen LogP contribution in [0.2, 0.25) is 0 Å². The van der Waals surface area contributed by atoms with Gasteiger partial charge in [0.05, 0.1) is 27.0 Å². The fraction of sp³-hybridized carbons (Fsp3) is 0.565. The van der Waals surface area contributed by atoms with Gasteiger partial charge in [0, 0.05) is 31.4 Å². The van der Waals surface area contributed by atoms with Crippen molar-refractivity contribution in [1.29, 1.82) is 0 Å². The molecular weight excluding hydrogens is 414 g/mol. The van der Waals surface area contributed by atoms with E-state index >= 15 is 0 Å². The van der Waals surface area contributed by atoms with Gasteiger partial charge in [0.15, 0.2) is 16.6 Å². The van der Waals surface area contributed by atoms with Crippen LogP contribution in [0.15, 0.2) is 17.5 Å². The number of nitrogens with one attached hydrogen (secondary N) is 1. The second-order valence-electron chi connectivity index (χ2n) is 8.37. The van der Waals surface area contributed by atoms with Crippen molar-refractivity contribution in [3.63, 3.8) is 0 Å². The number of benzene rings is 1. The van der Waals surface area contributed by atoms with Gasteiger partial charge in [-0.15, -0.1) is 11.3 Å². The second kappa shape index (κ2) is 10.8. The summed E-state index contributed by atoms with van der Waals surface area (Å²) in [5.74, 6) is 3.10. The van der Waals surface area contributed by atoms with Gasteiger partial charge >= 0.3 is 0 Å². The van der Waals surface area contributed by atoms with Crippen LogP contribution in [0.3, 0.4) is 0 Å². The summed E-state index contributed by atoms with van der Waals surface area (Å²) >= 11 is 1.48. The maximum Gasteiger partial charge on any atom is 0.226 e. The van der Waals surface area contributed by atoms with E-state index in [-0.39, 0.29) is 5.91 Å². The number of carbonyl (C=O) groups excluding carboxylic acids is 1. The Morgan fingerprint density at radius 2 is 1.77 bits per heavy atom. The van der Waals surface area contributed by atoms with Gasteiger partial charge in [-0.25, -0.2) is 4.98 Å². The monoisotopic (exact) mass is 447 g/mol. The fourth-order valence-corrected chi connectivity index (χ4v) is 5.02. The van der Waals surface area contributed by atoms with Gasteiger partial charge in [-0.1, -0.05) is 13.8 Å². The van der Waals surface area contributed by atoms with Crippen LogP contribution in [0.25, 0.3) is 0 Å². The van der Waals surface area contributed by atoms with E-state index in [0.29, 0.717) is 35.2 Å². The van der Waals surface area contributed by atoms with Crippen LogP contribution in [0.4, 0.5) is 5.13 Å². The fourth-order valence-electron chi connectivity index (χ4n) is 4.31. The average molecular weight is 448 g/mol. The van der Waals surface area contributed by atoms with Gasteiger partial charge in [-0.05, 0) is 42.4 Å². The van der Waals surface area contributed by atoms with Crippen molar-refractivity contribution in [3.8, 4) is 17.2 Å². The third kappa shape index (κ3) is 6.33. The van der Waals surface area contributed by atoms with Crippen molar-refractivity contribution in [3.05, 3.63) is 28.8 Å². The van der Waals surface area contributed by atoms with Crippen LogP contribution >= 0.6 is 11.3 Å². The molecule has 3 rings (SSSR count). The van der Waals surface area contributed by atoms with E-state index < -0.39 is 0 Å². The predicted octanol–water partition coefficient (Wildman–Crippen LogP) is 4.22. The molecule has 0 spiro atoms. The Hall–Kier alpha value is -2.32. The third-order valence-corrected chi connectivity index (χ3v) is 6.30. The van der Waals surface area contributed by atoms with Gasteiger partial charge in [0.25, 0.3) is 0 Å². The van der Waals surface area contributed by atoms with E-state index in [1.54, 1.807) is 21.3 Å². The first kappa shape index (κ1) is 23.3. The number of anilines is 1. The SMILES string of the molecule is COc1cc(CCC(=O)Nc2nc(CN3CC(C)CC(C)C3)cs2)cc(OC)c1OC. The molecule has 1 amide bonds. The predicted molar refractivity (Wildman–Crippen MR) is 123 cm³/mol. The van der Waals surface area contributed by atoms with E-state index in [9.17, 15) is 4.79 Å². The molecule has 2 aromatic rings. The standard InChI is InChI=1S/C23H33N3O4S/c1-15-8-16(2)12-26(11-15)13-18-14-31-23(24-18)25-21(27)7-6-17-9-19(28-3)22(30-5)20(10-17)29-4/h9-10,14-16H,6-8,11-13H2,1-5H3,(H,24,25,27). The number of hydrogen-bond donors (Lipinski definition) is 1. The summed E-state index contributed by atoms with van der Waals surface area (Å²) in [6.07, 6.45) is 2.19. The lowest BCUT2D eigenvalue weighted by atomic mass is 9.92. The van der Waals surface area contributed by atoms with E-state index in [1.165, 1.54) is 17.8 Å². The summed E-state index contributed by atoms with van der Waals surface area (Å²) in [6.45, 7) is 7.68. The van der Waals surface area contributed by atoms with Gasteiger partial charge in [0.2, 0.25) is 11.7 Å². The zero-order chi connectivity index (χ0) is 22.4. The molecule has 170 valence electrons. The first-order valence-electron chi connectivity index (χ1n) is 10.7. The highest BCUT2D eigenvalue weighted by Gasteiger charge is 2.22. The first-order chi connectivity index (χ1) is 14.9.